The van der Waals surface area contributed by atoms with E-state index >= 15 is 0 Å². The zero-order valence-corrected chi connectivity index (χ0v) is 21.8. The average molecular weight is 512 g/mol. The first-order chi connectivity index (χ1) is 19.8. The maximum Gasteiger partial charge on any atom is 0.136 e. The second-order valence-electron chi connectivity index (χ2n) is 10.2. The summed E-state index contributed by atoms with van der Waals surface area (Å²) in [5, 5.41) is 7.06. The van der Waals surface area contributed by atoms with Crippen LogP contribution < -0.4 is 4.90 Å². The Labute approximate surface area is 232 Å². The monoisotopic (exact) mass is 511 g/mol. The molecule has 0 fully saturated rings. The molecule has 0 aliphatic heterocycles. The molecule has 0 spiro atoms. The van der Waals surface area contributed by atoms with Crippen molar-refractivity contribution in [3.05, 3.63) is 152 Å². The summed E-state index contributed by atoms with van der Waals surface area (Å²) in [6, 6.07) is 53.9. The highest BCUT2D eigenvalue weighted by atomic mass is 16.3. The number of fused-ring (bicyclic) bond motifs is 5. The van der Waals surface area contributed by atoms with E-state index < -0.39 is 0 Å². The predicted octanol–water partition coefficient (Wildman–Crippen LogP) is 11.0. The van der Waals surface area contributed by atoms with E-state index in [-0.39, 0.29) is 0 Å². The first-order valence-corrected chi connectivity index (χ1v) is 13.6. The van der Waals surface area contributed by atoms with Crippen LogP contribution >= 0.6 is 0 Å². The van der Waals surface area contributed by atoms with E-state index in [2.05, 4.69) is 144 Å². The number of nitrogens with zero attached hydrogens (tertiary/aromatic N) is 1. The van der Waals surface area contributed by atoms with Crippen LogP contribution in [0.1, 0.15) is 0 Å². The maximum absolute atomic E-state index is 6.17. The minimum Gasteiger partial charge on any atom is -0.456 e. The van der Waals surface area contributed by atoms with Gasteiger partial charge in [-0.15, -0.1) is 0 Å². The highest BCUT2D eigenvalue weighted by Crippen LogP contribution is 2.42. The van der Waals surface area contributed by atoms with Crippen molar-refractivity contribution in [2.24, 2.45) is 0 Å². The summed E-state index contributed by atoms with van der Waals surface area (Å²) in [6.07, 6.45) is 0. The Morgan fingerprint density at radius 2 is 1.10 bits per heavy atom. The van der Waals surface area contributed by atoms with E-state index in [1.165, 1.54) is 27.3 Å². The largest absolute Gasteiger partial charge is 0.456 e. The van der Waals surface area contributed by atoms with E-state index in [1.54, 1.807) is 0 Å². The lowest BCUT2D eigenvalue weighted by Gasteiger charge is -2.27. The highest BCUT2D eigenvalue weighted by molar-refractivity contribution is 6.10. The van der Waals surface area contributed by atoms with Crippen LogP contribution in [-0.2, 0) is 0 Å². The van der Waals surface area contributed by atoms with Gasteiger partial charge in [0.15, 0.2) is 0 Å². The van der Waals surface area contributed by atoms with Gasteiger partial charge in [-0.05, 0) is 75.8 Å². The molecule has 8 aromatic rings. The lowest BCUT2D eigenvalue weighted by atomic mass is 10.0. The molecule has 2 heteroatoms. The van der Waals surface area contributed by atoms with Gasteiger partial charge in [0.25, 0.3) is 0 Å². The van der Waals surface area contributed by atoms with Gasteiger partial charge >= 0.3 is 0 Å². The fourth-order valence-corrected chi connectivity index (χ4v) is 5.88. The first-order valence-electron chi connectivity index (χ1n) is 13.6. The van der Waals surface area contributed by atoms with Crippen LogP contribution in [-0.4, -0.2) is 0 Å². The van der Waals surface area contributed by atoms with Crippen molar-refractivity contribution >= 4 is 60.5 Å². The van der Waals surface area contributed by atoms with Gasteiger partial charge in [-0.1, -0.05) is 103 Å². The summed E-state index contributed by atoms with van der Waals surface area (Å²) in [5.41, 5.74) is 7.61. The number of anilines is 3. The van der Waals surface area contributed by atoms with Crippen LogP contribution in [0.3, 0.4) is 0 Å². The van der Waals surface area contributed by atoms with Gasteiger partial charge in [-0.2, -0.15) is 0 Å². The lowest BCUT2D eigenvalue weighted by molar-refractivity contribution is 0.669. The molecule has 8 rings (SSSR count). The fourth-order valence-electron chi connectivity index (χ4n) is 5.88. The van der Waals surface area contributed by atoms with Crippen LogP contribution in [0.15, 0.2) is 156 Å². The van der Waals surface area contributed by atoms with Gasteiger partial charge in [-0.25, -0.2) is 0 Å². The summed E-state index contributed by atoms with van der Waals surface area (Å²) in [5.74, 6) is 0. The van der Waals surface area contributed by atoms with Gasteiger partial charge < -0.3 is 9.32 Å². The molecule has 0 bridgehead atoms. The molecule has 40 heavy (non-hydrogen) atoms. The molecular formula is C38H25NO. The Bertz CT molecular complexity index is 2170. The van der Waals surface area contributed by atoms with E-state index in [4.69, 9.17) is 4.42 Å². The van der Waals surface area contributed by atoms with E-state index in [9.17, 15) is 0 Å². The van der Waals surface area contributed by atoms with Crippen molar-refractivity contribution in [2.75, 3.05) is 4.90 Å². The van der Waals surface area contributed by atoms with Crippen molar-refractivity contribution in [2.45, 2.75) is 0 Å². The molecule has 0 unspecified atom stereocenters. The van der Waals surface area contributed by atoms with Gasteiger partial charge in [-0.3, -0.25) is 0 Å². The summed E-state index contributed by atoms with van der Waals surface area (Å²) in [4.78, 5) is 2.38. The molecule has 0 aliphatic rings. The summed E-state index contributed by atoms with van der Waals surface area (Å²) in [6.45, 7) is 0. The Balaban J connectivity index is 1.37. The van der Waals surface area contributed by atoms with Crippen LogP contribution in [0.4, 0.5) is 17.1 Å². The third-order valence-electron chi connectivity index (χ3n) is 7.80. The lowest BCUT2D eigenvalue weighted by Crippen LogP contribution is -2.10. The molecule has 0 N–H and O–H groups in total. The number of furan rings is 1. The number of hydrogen-bond acceptors (Lipinski definition) is 2. The van der Waals surface area contributed by atoms with Crippen molar-refractivity contribution in [3.63, 3.8) is 0 Å². The average Bonchev–Trinajstić information content (AvgIpc) is 3.38. The van der Waals surface area contributed by atoms with Crippen LogP contribution in [0.2, 0.25) is 0 Å². The summed E-state index contributed by atoms with van der Waals surface area (Å²) < 4.78 is 6.17. The molecular weight excluding hydrogens is 486 g/mol. The van der Waals surface area contributed by atoms with Crippen molar-refractivity contribution < 1.29 is 4.42 Å². The Hall–Kier alpha value is -5.34. The molecule has 0 radical (unpaired) electrons. The second kappa shape index (κ2) is 9.14. The minimum atomic E-state index is 0.919. The highest BCUT2D eigenvalue weighted by Gasteiger charge is 2.17. The number of benzene rings is 7. The van der Waals surface area contributed by atoms with Crippen molar-refractivity contribution in [1.29, 1.82) is 0 Å². The van der Waals surface area contributed by atoms with Crippen LogP contribution in [0.25, 0.3) is 54.6 Å². The van der Waals surface area contributed by atoms with Gasteiger partial charge in [0.1, 0.15) is 11.2 Å². The minimum absolute atomic E-state index is 0.919. The fraction of sp³-hybridized carbons (Fsp3) is 0. The van der Waals surface area contributed by atoms with E-state index in [1.807, 2.05) is 12.1 Å². The van der Waals surface area contributed by atoms with Gasteiger partial charge in [0.2, 0.25) is 0 Å². The van der Waals surface area contributed by atoms with E-state index in [0.29, 0.717) is 0 Å². The van der Waals surface area contributed by atoms with Crippen molar-refractivity contribution in [1.82, 2.24) is 0 Å². The van der Waals surface area contributed by atoms with Gasteiger partial charge in [0.05, 0.1) is 5.69 Å². The normalized spacial score (nSPS) is 11.5. The number of hydrogen-bond donors (Lipinski definition) is 0. The summed E-state index contributed by atoms with van der Waals surface area (Å²) >= 11 is 0. The molecule has 1 aromatic heterocycles. The third kappa shape index (κ3) is 3.73. The molecule has 0 saturated carbocycles. The molecule has 1 heterocycles. The standard InChI is InChI=1S/C38H25NO/c1-2-10-26(11-3-1)28-14-8-15-31(22-28)39(36-18-9-13-27-12-4-5-16-33(27)36)32-21-20-29-25-38-35(24-30(29)23-32)34-17-6-7-19-37(34)40-38/h1-25H. The molecule has 0 aliphatic carbocycles. The van der Waals surface area contributed by atoms with Crippen LogP contribution in [0, 0.1) is 0 Å². The smallest absolute Gasteiger partial charge is 0.136 e. The topological polar surface area (TPSA) is 16.4 Å². The molecule has 0 atom stereocenters. The molecule has 2 nitrogen and oxygen atoms in total. The third-order valence-corrected chi connectivity index (χ3v) is 7.80. The molecule has 188 valence electrons. The Morgan fingerprint density at radius 3 is 2.02 bits per heavy atom. The number of rotatable bonds is 4. The van der Waals surface area contributed by atoms with Crippen LogP contribution in [0.5, 0.6) is 0 Å². The second-order valence-corrected chi connectivity index (χ2v) is 10.2. The molecule has 7 aromatic carbocycles. The first kappa shape index (κ1) is 22.6. The quantitative estimate of drug-likeness (QED) is 0.234. The van der Waals surface area contributed by atoms with Gasteiger partial charge in [0, 0.05) is 27.5 Å². The maximum atomic E-state index is 6.17. The summed E-state index contributed by atoms with van der Waals surface area (Å²) in [7, 11) is 0. The zero-order chi connectivity index (χ0) is 26.5. The Kier molecular flexibility index (Phi) is 5.17. The van der Waals surface area contributed by atoms with Crippen molar-refractivity contribution in [3.8, 4) is 11.1 Å². The molecule has 0 amide bonds. The zero-order valence-electron chi connectivity index (χ0n) is 21.8. The number of para-hydroxylation sites is 1. The SMILES string of the molecule is c1ccc(-c2cccc(N(c3ccc4cc5oc6ccccc6c5cc4c3)c3cccc4ccccc34)c2)cc1. The molecule has 0 saturated heterocycles. The van der Waals surface area contributed by atoms with E-state index in [0.717, 1.165) is 44.4 Å². The predicted molar refractivity (Wildman–Crippen MR) is 169 cm³/mol. The Morgan fingerprint density at radius 1 is 0.375 bits per heavy atom.